The summed E-state index contributed by atoms with van der Waals surface area (Å²) in [6, 6.07) is 13.3. The summed E-state index contributed by atoms with van der Waals surface area (Å²) in [5, 5.41) is 5.88. The fourth-order valence-corrected chi connectivity index (χ4v) is 2.59. The summed E-state index contributed by atoms with van der Waals surface area (Å²) < 4.78 is 5.74. The third-order valence-electron chi connectivity index (χ3n) is 2.96. The molecule has 0 aliphatic heterocycles. The van der Waals surface area contributed by atoms with Crippen LogP contribution in [0.2, 0.25) is 0 Å². The molecule has 1 N–H and O–H groups in total. The Kier molecular flexibility index (Phi) is 3.09. The Morgan fingerprint density at radius 1 is 1.26 bits per heavy atom. The quantitative estimate of drug-likeness (QED) is 0.782. The van der Waals surface area contributed by atoms with E-state index in [2.05, 4.69) is 5.32 Å². The highest BCUT2D eigenvalue weighted by molar-refractivity contribution is 7.12. The largest absolute Gasteiger partial charge is 0.459 e. The lowest BCUT2D eigenvalue weighted by Crippen LogP contribution is -2.25. The van der Waals surface area contributed by atoms with Gasteiger partial charge in [0.15, 0.2) is 0 Å². The SMILES string of the molecule is C[C@H](NC(=O)c1cccs1)c1cc2ccccc2o1. The molecule has 3 nitrogen and oxygen atoms in total. The number of amides is 1. The van der Waals surface area contributed by atoms with E-state index in [1.54, 1.807) is 0 Å². The molecule has 3 rings (SSSR count). The average Bonchev–Trinajstić information content (AvgIpc) is 3.07. The van der Waals surface area contributed by atoms with Crippen LogP contribution in [0.4, 0.5) is 0 Å². The van der Waals surface area contributed by atoms with Gasteiger partial charge in [-0.1, -0.05) is 24.3 Å². The van der Waals surface area contributed by atoms with Gasteiger partial charge in [-0.05, 0) is 30.5 Å². The van der Waals surface area contributed by atoms with E-state index in [0.29, 0.717) is 4.88 Å². The topological polar surface area (TPSA) is 42.2 Å². The minimum absolute atomic E-state index is 0.0667. The molecule has 4 heteroatoms. The van der Waals surface area contributed by atoms with Gasteiger partial charge in [0.05, 0.1) is 10.9 Å². The number of para-hydroxylation sites is 1. The molecule has 0 spiro atoms. The first-order valence-corrected chi connectivity index (χ1v) is 6.95. The van der Waals surface area contributed by atoms with Crippen molar-refractivity contribution in [1.29, 1.82) is 0 Å². The average molecular weight is 271 g/mol. The number of furan rings is 1. The lowest BCUT2D eigenvalue weighted by Gasteiger charge is -2.10. The maximum atomic E-state index is 12.0. The van der Waals surface area contributed by atoms with Gasteiger partial charge in [-0.25, -0.2) is 0 Å². The molecule has 1 amide bonds. The summed E-state index contributed by atoms with van der Waals surface area (Å²) in [6.07, 6.45) is 0. The lowest BCUT2D eigenvalue weighted by atomic mass is 10.2. The zero-order chi connectivity index (χ0) is 13.2. The van der Waals surface area contributed by atoms with E-state index in [1.807, 2.05) is 54.8 Å². The minimum atomic E-state index is -0.151. The fraction of sp³-hybridized carbons (Fsp3) is 0.133. The van der Waals surface area contributed by atoms with Gasteiger partial charge in [0.1, 0.15) is 11.3 Å². The summed E-state index contributed by atoms with van der Waals surface area (Å²) in [6.45, 7) is 1.92. The minimum Gasteiger partial charge on any atom is -0.459 e. The molecule has 19 heavy (non-hydrogen) atoms. The van der Waals surface area contributed by atoms with Crippen LogP contribution in [0.25, 0.3) is 11.0 Å². The van der Waals surface area contributed by atoms with Crippen molar-refractivity contribution in [2.24, 2.45) is 0 Å². The first-order chi connectivity index (χ1) is 9.24. The van der Waals surface area contributed by atoms with Gasteiger partial charge in [-0.2, -0.15) is 0 Å². The number of fused-ring (bicyclic) bond motifs is 1. The summed E-state index contributed by atoms with van der Waals surface area (Å²) in [5.74, 6) is 0.703. The third kappa shape index (κ3) is 2.39. The van der Waals surface area contributed by atoms with E-state index in [1.165, 1.54) is 11.3 Å². The highest BCUT2D eigenvalue weighted by Gasteiger charge is 2.15. The second kappa shape index (κ2) is 4.90. The van der Waals surface area contributed by atoms with E-state index < -0.39 is 0 Å². The van der Waals surface area contributed by atoms with E-state index in [-0.39, 0.29) is 11.9 Å². The fourth-order valence-electron chi connectivity index (χ4n) is 1.96. The van der Waals surface area contributed by atoms with Crippen LogP contribution < -0.4 is 5.32 Å². The second-order valence-corrected chi connectivity index (χ2v) is 5.31. The Labute approximate surface area is 114 Å². The number of thiophene rings is 1. The van der Waals surface area contributed by atoms with Crippen LogP contribution in [0.15, 0.2) is 52.3 Å². The van der Waals surface area contributed by atoms with Crippen molar-refractivity contribution in [3.63, 3.8) is 0 Å². The molecule has 3 aromatic rings. The number of hydrogen-bond acceptors (Lipinski definition) is 3. The van der Waals surface area contributed by atoms with Crippen LogP contribution in [0.3, 0.4) is 0 Å². The van der Waals surface area contributed by atoms with Gasteiger partial charge in [-0.15, -0.1) is 11.3 Å². The summed E-state index contributed by atoms with van der Waals surface area (Å²) in [7, 11) is 0. The van der Waals surface area contributed by atoms with Gasteiger partial charge in [0.2, 0.25) is 0 Å². The van der Waals surface area contributed by atoms with Gasteiger partial charge in [-0.3, -0.25) is 4.79 Å². The molecule has 0 bridgehead atoms. The molecule has 0 aliphatic carbocycles. The molecule has 0 fully saturated rings. The zero-order valence-corrected chi connectivity index (χ0v) is 11.2. The molecule has 0 aliphatic rings. The van der Waals surface area contributed by atoms with Crippen molar-refractivity contribution < 1.29 is 9.21 Å². The summed E-state index contributed by atoms with van der Waals surface area (Å²) in [5.41, 5.74) is 0.842. The number of benzene rings is 1. The maximum absolute atomic E-state index is 12.0. The smallest absolute Gasteiger partial charge is 0.261 e. The van der Waals surface area contributed by atoms with Crippen LogP contribution in [0.5, 0.6) is 0 Å². The monoisotopic (exact) mass is 271 g/mol. The molecule has 0 unspecified atom stereocenters. The van der Waals surface area contributed by atoms with Crippen molar-refractivity contribution in [2.45, 2.75) is 13.0 Å². The molecule has 0 saturated heterocycles. The van der Waals surface area contributed by atoms with E-state index in [0.717, 1.165) is 16.7 Å². The van der Waals surface area contributed by atoms with E-state index in [9.17, 15) is 4.79 Å². The van der Waals surface area contributed by atoms with Crippen molar-refractivity contribution in [1.82, 2.24) is 5.32 Å². The molecule has 0 saturated carbocycles. The van der Waals surface area contributed by atoms with Crippen molar-refractivity contribution in [2.75, 3.05) is 0 Å². The molecule has 2 aromatic heterocycles. The standard InChI is InChI=1S/C15H13NO2S/c1-10(16-15(17)14-7-4-8-19-14)13-9-11-5-2-3-6-12(11)18-13/h2-10H,1H3,(H,16,17)/t10-/m0/s1. The molecular formula is C15H13NO2S. The van der Waals surface area contributed by atoms with Crippen molar-refractivity contribution in [3.05, 3.63) is 58.5 Å². The summed E-state index contributed by atoms with van der Waals surface area (Å²) in [4.78, 5) is 12.7. The van der Waals surface area contributed by atoms with Crippen LogP contribution >= 0.6 is 11.3 Å². The predicted octanol–water partition coefficient (Wildman–Crippen LogP) is 3.99. The molecular weight excluding hydrogens is 258 g/mol. The Hall–Kier alpha value is -2.07. The highest BCUT2D eigenvalue weighted by Crippen LogP contribution is 2.24. The first kappa shape index (κ1) is 12.0. The Balaban J connectivity index is 1.80. The summed E-state index contributed by atoms with van der Waals surface area (Å²) >= 11 is 1.43. The van der Waals surface area contributed by atoms with Gasteiger partial charge in [0.25, 0.3) is 5.91 Å². The molecule has 0 radical (unpaired) electrons. The number of nitrogens with one attached hydrogen (secondary N) is 1. The predicted molar refractivity (Wildman–Crippen MR) is 76.4 cm³/mol. The highest BCUT2D eigenvalue weighted by atomic mass is 32.1. The number of hydrogen-bond donors (Lipinski definition) is 1. The van der Waals surface area contributed by atoms with Crippen LogP contribution in [0, 0.1) is 0 Å². The number of rotatable bonds is 3. The third-order valence-corrected chi connectivity index (χ3v) is 3.83. The van der Waals surface area contributed by atoms with Gasteiger partial charge in [0, 0.05) is 5.39 Å². The lowest BCUT2D eigenvalue weighted by molar-refractivity contribution is 0.0940. The van der Waals surface area contributed by atoms with Crippen LogP contribution in [-0.2, 0) is 0 Å². The Morgan fingerprint density at radius 2 is 2.11 bits per heavy atom. The zero-order valence-electron chi connectivity index (χ0n) is 10.4. The Morgan fingerprint density at radius 3 is 2.84 bits per heavy atom. The van der Waals surface area contributed by atoms with Crippen molar-refractivity contribution in [3.8, 4) is 0 Å². The molecule has 1 aromatic carbocycles. The number of carbonyl (C=O) groups excluding carboxylic acids is 1. The van der Waals surface area contributed by atoms with Crippen LogP contribution in [0.1, 0.15) is 28.4 Å². The first-order valence-electron chi connectivity index (χ1n) is 6.07. The van der Waals surface area contributed by atoms with E-state index in [4.69, 9.17) is 4.42 Å². The van der Waals surface area contributed by atoms with Gasteiger partial charge < -0.3 is 9.73 Å². The molecule has 1 atom stereocenters. The van der Waals surface area contributed by atoms with Gasteiger partial charge >= 0.3 is 0 Å². The van der Waals surface area contributed by atoms with Crippen molar-refractivity contribution >= 4 is 28.2 Å². The second-order valence-electron chi connectivity index (χ2n) is 4.36. The Bertz CT molecular complexity index is 667. The van der Waals surface area contributed by atoms with E-state index >= 15 is 0 Å². The van der Waals surface area contributed by atoms with Crippen LogP contribution in [-0.4, -0.2) is 5.91 Å². The number of carbonyl (C=O) groups is 1. The molecule has 96 valence electrons. The normalized spacial score (nSPS) is 12.5. The molecule has 2 heterocycles. The maximum Gasteiger partial charge on any atom is 0.261 e.